The van der Waals surface area contributed by atoms with E-state index in [9.17, 15) is 18.0 Å². The first kappa shape index (κ1) is 34.7. The van der Waals surface area contributed by atoms with Gasteiger partial charge in [0, 0.05) is 6.20 Å². The molecule has 0 fully saturated rings. The number of pyridine rings is 2. The van der Waals surface area contributed by atoms with Gasteiger partial charge in [-0.3, -0.25) is 9.69 Å². The van der Waals surface area contributed by atoms with Gasteiger partial charge in [0.05, 0.1) is 11.7 Å². The number of anilines is 1. The molecule has 3 aromatic rings. The van der Waals surface area contributed by atoms with Crippen molar-refractivity contribution >= 4 is 27.9 Å². The third kappa shape index (κ3) is 10.4. The summed E-state index contributed by atoms with van der Waals surface area (Å²) in [7, 11) is -4.05. The van der Waals surface area contributed by atoms with E-state index in [0.717, 1.165) is 16.0 Å². The van der Waals surface area contributed by atoms with E-state index in [1.54, 1.807) is 71.9 Å². The number of benzene rings is 1. The summed E-state index contributed by atoms with van der Waals surface area (Å²) in [5.41, 5.74) is 0.677. The number of nitrogens with one attached hydrogen (secondary N) is 1. The Morgan fingerprint density at radius 2 is 1.48 bits per heavy atom. The number of amides is 1. The maximum atomic E-state index is 13.4. The number of rotatable bonds is 9. The Hall–Kier alpha value is -3.83. The molecule has 238 valence electrons. The summed E-state index contributed by atoms with van der Waals surface area (Å²) < 4.78 is 40.6. The molecular formula is C33H44N4O6S. The lowest BCUT2D eigenvalue weighted by molar-refractivity contribution is -0.153. The van der Waals surface area contributed by atoms with Crippen molar-refractivity contribution in [1.29, 1.82) is 0 Å². The molecule has 0 spiro atoms. The molecule has 2 heterocycles. The molecule has 10 nitrogen and oxygen atoms in total. The van der Waals surface area contributed by atoms with Crippen LogP contribution in [0.2, 0.25) is 0 Å². The lowest BCUT2D eigenvalue weighted by atomic mass is 9.86. The number of ether oxygens (including phenoxy) is 2. The highest BCUT2D eigenvalue weighted by molar-refractivity contribution is 7.89. The molecule has 1 aromatic carbocycles. The highest BCUT2D eigenvalue weighted by atomic mass is 32.2. The molecule has 0 saturated heterocycles. The monoisotopic (exact) mass is 624 g/mol. The third-order valence-corrected chi connectivity index (χ3v) is 7.57. The SMILES string of the molecule is CC(C)(C)OC(=O)CN(C(=O)OC(C)(C)C)c1cccc(C(Cc2ccc(C(C)(C)C)cc2)NS(=O)(=O)c2ccccn2)n1. The van der Waals surface area contributed by atoms with E-state index >= 15 is 0 Å². The second-order valence-corrected chi connectivity index (χ2v) is 15.2. The fraction of sp³-hybridized carbons (Fsp3) is 0.455. The van der Waals surface area contributed by atoms with E-state index in [0.29, 0.717) is 5.69 Å². The van der Waals surface area contributed by atoms with Crippen LogP contribution < -0.4 is 9.62 Å². The Balaban J connectivity index is 2.05. The van der Waals surface area contributed by atoms with Crippen LogP contribution in [0.25, 0.3) is 0 Å². The number of aromatic nitrogens is 2. The van der Waals surface area contributed by atoms with Crippen LogP contribution in [0.15, 0.2) is 71.9 Å². The molecule has 0 aliphatic heterocycles. The Kier molecular flexibility index (Phi) is 10.6. The van der Waals surface area contributed by atoms with Crippen LogP contribution in [-0.4, -0.2) is 48.2 Å². The summed E-state index contributed by atoms with van der Waals surface area (Å²) in [5, 5.41) is -0.135. The molecule has 44 heavy (non-hydrogen) atoms. The van der Waals surface area contributed by atoms with E-state index in [4.69, 9.17) is 9.47 Å². The Bertz CT molecular complexity index is 1540. The minimum absolute atomic E-state index is 0.0480. The largest absolute Gasteiger partial charge is 0.459 e. The van der Waals surface area contributed by atoms with Crippen LogP contribution in [0.3, 0.4) is 0 Å². The molecule has 1 N–H and O–H groups in total. The summed E-state index contributed by atoms with van der Waals surface area (Å²) in [5.74, 6) is -0.547. The number of sulfonamides is 1. The van der Waals surface area contributed by atoms with Crippen LogP contribution in [0.1, 0.15) is 85.2 Å². The predicted octanol–water partition coefficient (Wildman–Crippen LogP) is 6.12. The van der Waals surface area contributed by atoms with Crippen LogP contribution in [0.5, 0.6) is 0 Å². The Morgan fingerprint density at radius 1 is 0.841 bits per heavy atom. The normalized spacial score (nSPS) is 13.2. The highest BCUT2D eigenvalue weighted by Gasteiger charge is 2.30. The maximum Gasteiger partial charge on any atom is 0.416 e. The average Bonchev–Trinajstić information content (AvgIpc) is 2.89. The Morgan fingerprint density at radius 3 is 2.02 bits per heavy atom. The quantitative estimate of drug-likeness (QED) is 0.282. The van der Waals surface area contributed by atoms with E-state index in [2.05, 4.69) is 35.5 Å². The van der Waals surface area contributed by atoms with Crippen molar-refractivity contribution in [2.75, 3.05) is 11.4 Å². The van der Waals surface area contributed by atoms with Crippen LogP contribution in [0, 0.1) is 0 Å². The van der Waals surface area contributed by atoms with Crippen LogP contribution >= 0.6 is 0 Å². The van der Waals surface area contributed by atoms with Crippen molar-refractivity contribution in [1.82, 2.24) is 14.7 Å². The van der Waals surface area contributed by atoms with Crippen molar-refractivity contribution in [3.63, 3.8) is 0 Å². The zero-order chi connectivity index (χ0) is 32.9. The molecule has 0 saturated carbocycles. The first-order chi connectivity index (χ1) is 20.2. The average molecular weight is 625 g/mol. The predicted molar refractivity (Wildman–Crippen MR) is 170 cm³/mol. The first-order valence-electron chi connectivity index (χ1n) is 14.5. The van der Waals surface area contributed by atoms with E-state index in [1.165, 1.54) is 12.3 Å². The van der Waals surface area contributed by atoms with Gasteiger partial charge in [0.25, 0.3) is 10.0 Å². The van der Waals surface area contributed by atoms with Crippen molar-refractivity contribution in [2.45, 2.75) is 96.4 Å². The van der Waals surface area contributed by atoms with Crippen molar-refractivity contribution in [2.24, 2.45) is 0 Å². The van der Waals surface area contributed by atoms with Gasteiger partial charge in [-0.15, -0.1) is 0 Å². The van der Waals surface area contributed by atoms with Gasteiger partial charge in [-0.1, -0.05) is 57.2 Å². The second kappa shape index (κ2) is 13.4. The summed E-state index contributed by atoms with van der Waals surface area (Å²) in [6.45, 7) is 16.2. The standard InChI is InChI=1S/C33H44N4O6S/c1-31(2,3)24-18-16-23(17-19-24)21-26(36-44(40,41)28-15-10-11-20-34-28)25-13-12-14-27(35-25)37(30(39)43-33(7,8)9)22-29(38)42-32(4,5)6/h10-20,26,36H,21-22H2,1-9H3. The first-order valence-corrected chi connectivity index (χ1v) is 15.9. The molecule has 11 heteroatoms. The van der Waals surface area contributed by atoms with Crippen molar-refractivity contribution < 1.29 is 27.5 Å². The highest BCUT2D eigenvalue weighted by Crippen LogP contribution is 2.26. The summed E-state index contributed by atoms with van der Waals surface area (Å²) in [6.07, 6.45) is 0.866. The number of esters is 1. The van der Waals surface area contributed by atoms with Gasteiger partial charge < -0.3 is 9.47 Å². The fourth-order valence-corrected chi connectivity index (χ4v) is 5.34. The number of nitrogens with zero attached hydrogens (tertiary/aromatic N) is 3. The molecular weight excluding hydrogens is 580 g/mol. The molecule has 0 bridgehead atoms. The Labute approximate surface area is 261 Å². The van der Waals surface area contributed by atoms with Gasteiger partial charge in [0.2, 0.25) is 0 Å². The van der Waals surface area contributed by atoms with E-state index in [1.807, 2.05) is 24.3 Å². The number of carbonyl (C=O) groups excluding carboxylic acids is 2. The minimum Gasteiger partial charge on any atom is -0.459 e. The van der Waals surface area contributed by atoms with E-state index < -0.39 is 45.9 Å². The molecule has 1 amide bonds. The summed E-state index contributed by atoms with van der Waals surface area (Å²) in [6, 6.07) is 16.6. The number of hydrogen-bond donors (Lipinski definition) is 1. The lowest BCUT2D eigenvalue weighted by Crippen LogP contribution is -2.42. The van der Waals surface area contributed by atoms with Gasteiger partial charge >= 0.3 is 12.1 Å². The van der Waals surface area contributed by atoms with Crippen LogP contribution in [0.4, 0.5) is 10.6 Å². The molecule has 0 aliphatic rings. The number of hydrogen-bond acceptors (Lipinski definition) is 8. The molecule has 3 rings (SSSR count). The number of carbonyl (C=O) groups is 2. The molecule has 1 atom stereocenters. The van der Waals surface area contributed by atoms with Crippen molar-refractivity contribution in [3.05, 3.63) is 83.7 Å². The fourth-order valence-electron chi connectivity index (χ4n) is 4.18. The van der Waals surface area contributed by atoms with Gasteiger partial charge in [0.15, 0.2) is 5.03 Å². The molecule has 1 unspecified atom stereocenters. The second-order valence-electron chi connectivity index (χ2n) is 13.6. The lowest BCUT2D eigenvalue weighted by Gasteiger charge is -2.28. The van der Waals surface area contributed by atoms with Gasteiger partial charge in [-0.25, -0.2) is 27.9 Å². The summed E-state index contributed by atoms with van der Waals surface area (Å²) in [4.78, 5) is 35.9. The topological polar surface area (TPSA) is 128 Å². The smallest absolute Gasteiger partial charge is 0.416 e. The van der Waals surface area contributed by atoms with E-state index in [-0.39, 0.29) is 22.7 Å². The molecule has 2 aromatic heterocycles. The molecule has 0 radical (unpaired) electrons. The van der Waals surface area contributed by atoms with Gasteiger partial charge in [-0.2, -0.15) is 0 Å². The summed E-state index contributed by atoms with van der Waals surface area (Å²) >= 11 is 0. The minimum atomic E-state index is -4.05. The molecule has 0 aliphatic carbocycles. The maximum absolute atomic E-state index is 13.4. The zero-order valence-corrected chi connectivity index (χ0v) is 27.9. The van der Waals surface area contributed by atoms with Gasteiger partial charge in [0.1, 0.15) is 23.6 Å². The van der Waals surface area contributed by atoms with Gasteiger partial charge in [-0.05, 0) is 88.8 Å². The van der Waals surface area contributed by atoms with Crippen molar-refractivity contribution in [3.8, 4) is 0 Å². The zero-order valence-electron chi connectivity index (χ0n) is 27.0. The van der Waals surface area contributed by atoms with Crippen LogP contribution in [-0.2, 0) is 36.1 Å². The third-order valence-electron chi connectivity index (χ3n) is 6.18.